The molecule has 3 heterocycles. The van der Waals surface area contributed by atoms with Gasteiger partial charge in [0.2, 0.25) is 0 Å². The van der Waals surface area contributed by atoms with Gasteiger partial charge in [-0.15, -0.1) is 4.80 Å². The van der Waals surface area contributed by atoms with Gasteiger partial charge < -0.3 is 15.4 Å². The van der Waals surface area contributed by atoms with E-state index >= 15 is 0 Å². The first kappa shape index (κ1) is 20.4. The number of hydrogen-bond acceptors (Lipinski definition) is 7. The van der Waals surface area contributed by atoms with Crippen molar-refractivity contribution in [2.75, 3.05) is 17.7 Å². The molecule has 0 spiro atoms. The van der Waals surface area contributed by atoms with Gasteiger partial charge in [-0.2, -0.15) is 15.5 Å². The van der Waals surface area contributed by atoms with Crippen molar-refractivity contribution in [2.24, 2.45) is 0 Å². The van der Waals surface area contributed by atoms with Crippen LogP contribution in [0.4, 0.5) is 16.2 Å². The number of amides is 2. The summed E-state index contributed by atoms with van der Waals surface area (Å²) in [6.45, 7) is 3.72. The van der Waals surface area contributed by atoms with Crippen LogP contribution in [0.15, 0.2) is 35.3 Å². The number of nitrogens with one attached hydrogen (secondary N) is 2. The number of ether oxygens (including phenoxy) is 1. The van der Waals surface area contributed by atoms with Crippen molar-refractivity contribution in [3.63, 3.8) is 0 Å². The fourth-order valence-electron chi connectivity index (χ4n) is 2.59. The minimum Gasteiger partial charge on any atom is -0.377 e. The Kier molecular flexibility index (Phi) is 6.16. The van der Waals surface area contributed by atoms with Crippen LogP contribution in [0.1, 0.15) is 29.8 Å². The maximum absolute atomic E-state index is 12.5. The van der Waals surface area contributed by atoms with Crippen LogP contribution in [-0.2, 0) is 4.74 Å². The summed E-state index contributed by atoms with van der Waals surface area (Å²) in [6.07, 6.45) is 5.68. The maximum atomic E-state index is 12.5. The molecule has 148 valence electrons. The van der Waals surface area contributed by atoms with Crippen molar-refractivity contribution < 1.29 is 9.53 Å². The molecule has 0 aliphatic rings. The molecule has 1 unspecified atom stereocenters. The number of rotatable bonds is 5. The first-order valence-corrected chi connectivity index (χ1v) is 9.26. The highest BCUT2D eigenvalue weighted by Crippen LogP contribution is 2.33. The highest BCUT2D eigenvalue weighted by atomic mass is 79.9. The van der Waals surface area contributed by atoms with Crippen LogP contribution in [0.25, 0.3) is 5.82 Å². The maximum Gasteiger partial charge on any atom is 0.323 e. The lowest BCUT2D eigenvalue weighted by Gasteiger charge is -2.18. The largest absolute Gasteiger partial charge is 0.377 e. The smallest absolute Gasteiger partial charge is 0.323 e. The fraction of sp³-hybridized carbons (Fsp3) is 0.222. The molecule has 0 saturated carbocycles. The first-order valence-electron chi connectivity index (χ1n) is 8.47. The quantitative estimate of drug-likeness (QED) is 0.601. The van der Waals surface area contributed by atoms with E-state index in [1.54, 1.807) is 13.3 Å². The van der Waals surface area contributed by atoms with Crippen LogP contribution in [-0.4, -0.2) is 38.1 Å². The summed E-state index contributed by atoms with van der Waals surface area (Å²) >= 11 is 3.50. The van der Waals surface area contributed by atoms with E-state index in [0.29, 0.717) is 11.4 Å². The number of pyridine rings is 2. The molecule has 0 aromatic carbocycles. The number of hydrogen-bond donors (Lipinski definition) is 2. The van der Waals surface area contributed by atoms with Crippen LogP contribution in [0.3, 0.4) is 0 Å². The molecule has 0 radical (unpaired) electrons. The van der Waals surface area contributed by atoms with Gasteiger partial charge in [-0.1, -0.05) is 0 Å². The van der Waals surface area contributed by atoms with Gasteiger partial charge in [0.15, 0.2) is 5.82 Å². The predicted octanol–water partition coefficient (Wildman–Crippen LogP) is 3.35. The summed E-state index contributed by atoms with van der Waals surface area (Å²) in [4.78, 5) is 22.2. The second kappa shape index (κ2) is 8.76. The van der Waals surface area contributed by atoms with Crippen molar-refractivity contribution in [1.29, 1.82) is 5.26 Å². The van der Waals surface area contributed by atoms with Gasteiger partial charge in [0.25, 0.3) is 0 Å². The molecule has 0 aliphatic carbocycles. The molecule has 2 N–H and O–H groups in total. The molecule has 3 aromatic heterocycles. The number of halogens is 1. The molecule has 3 aromatic rings. The van der Waals surface area contributed by atoms with E-state index in [9.17, 15) is 10.1 Å². The van der Waals surface area contributed by atoms with E-state index in [0.717, 1.165) is 15.7 Å². The van der Waals surface area contributed by atoms with Crippen LogP contribution in [0.5, 0.6) is 0 Å². The summed E-state index contributed by atoms with van der Waals surface area (Å²) in [5.41, 5.74) is 2.61. The number of methoxy groups -OCH3 is 1. The van der Waals surface area contributed by atoms with Crippen LogP contribution < -0.4 is 10.6 Å². The lowest BCUT2D eigenvalue weighted by Crippen LogP contribution is -2.21. The highest BCUT2D eigenvalue weighted by molar-refractivity contribution is 9.10. The van der Waals surface area contributed by atoms with E-state index in [2.05, 4.69) is 46.7 Å². The number of anilines is 2. The summed E-state index contributed by atoms with van der Waals surface area (Å²) in [5, 5.41) is 22.7. The molecule has 1 atom stereocenters. The number of urea groups is 1. The van der Waals surface area contributed by atoms with E-state index in [4.69, 9.17) is 4.74 Å². The number of carbonyl (C=O) groups excluding carboxylic acids is 1. The summed E-state index contributed by atoms with van der Waals surface area (Å²) in [5.74, 6) is 0.270. The molecule has 3 rings (SSSR count). The second-order valence-corrected chi connectivity index (χ2v) is 6.76. The summed E-state index contributed by atoms with van der Waals surface area (Å²) < 4.78 is 6.16. The Morgan fingerprint density at radius 1 is 1.28 bits per heavy atom. The van der Waals surface area contributed by atoms with E-state index in [-0.39, 0.29) is 17.5 Å². The Bertz CT molecular complexity index is 1080. The first-order chi connectivity index (χ1) is 13.9. The molecular formula is C18H17BrN8O2. The van der Waals surface area contributed by atoms with E-state index < -0.39 is 6.03 Å². The third-order valence-electron chi connectivity index (χ3n) is 4.09. The average molecular weight is 457 g/mol. The minimum atomic E-state index is -0.511. The second-order valence-electron chi connectivity index (χ2n) is 5.97. The number of nitriles is 1. The summed E-state index contributed by atoms with van der Waals surface area (Å²) in [7, 11) is 1.59. The number of nitrogens with zero attached hydrogens (tertiary/aromatic N) is 6. The van der Waals surface area contributed by atoms with Crippen LogP contribution in [0, 0.1) is 18.3 Å². The van der Waals surface area contributed by atoms with Gasteiger partial charge >= 0.3 is 6.03 Å². The van der Waals surface area contributed by atoms with Gasteiger partial charge in [-0.3, -0.25) is 4.98 Å². The average Bonchev–Trinajstić information content (AvgIpc) is 3.25. The zero-order valence-electron chi connectivity index (χ0n) is 15.8. The van der Waals surface area contributed by atoms with Gasteiger partial charge in [-0.25, -0.2) is 9.78 Å². The lowest BCUT2D eigenvalue weighted by molar-refractivity contribution is 0.119. The molecule has 0 fully saturated rings. The van der Waals surface area contributed by atoms with Crippen molar-refractivity contribution in [3.05, 3.63) is 52.1 Å². The summed E-state index contributed by atoms with van der Waals surface area (Å²) in [6, 6.07) is 3.01. The predicted molar refractivity (Wildman–Crippen MR) is 109 cm³/mol. The molecule has 0 bridgehead atoms. The third-order valence-corrected chi connectivity index (χ3v) is 5.09. The fourth-order valence-corrected chi connectivity index (χ4v) is 3.23. The molecule has 0 aliphatic heterocycles. The lowest BCUT2D eigenvalue weighted by atomic mass is 10.1. The number of aryl methyl sites for hydroxylation is 1. The van der Waals surface area contributed by atoms with Crippen LogP contribution >= 0.6 is 15.9 Å². The zero-order chi connectivity index (χ0) is 21.0. The normalized spacial score (nSPS) is 11.6. The minimum absolute atomic E-state index is 0.215. The Balaban J connectivity index is 1.82. The third kappa shape index (κ3) is 4.39. The zero-order valence-corrected chi connectivity index (χ0v) is 17.4. The Hall–Kier alpha value is -3.36. The topological polar surface area (TPSA) is 131 Å². The van der Waals surface area contributed by atoms with Crippen molar-refractivity contribution in [2.45, 2.75) is 20.0 Å². The highest BCUT2D eigenvalue weighted by Gasteiger charge is 2.19. The molecule has 10 nitrogen and oxygen atoms in total. The van der Waals surface area contributed by atoms with Gasteiger partial charge in [0, 0.05) is 17.1 Å². The van der Waals surface area contributed by atoms with E-state index in [1.807, 2.05) is 19.9 Å². The standard InChI is InChI=1S/C18H17BrN8O2/c1-10-16(19)15(11(2)29-3)14(9-21-10)26-18(28)25-13-6-12(7-20)17(22-8-13)27-23-4-5-24-27/h4-6,8-9,11H,1-3H3,(H2,25,26,28). The Labute approximate surface area is 175 Å². The Morgan fingerprint density at radius 2 is 2.00 bits per heavy atom. The van der Waals surface area contributed by atoms with Crippen molar-refractivity contribution >= 4 is 33.3 Å². The number of carbonyl (C=O) groups is 1. The van der Waals surface area contributed by atoms with Gasteiger partial charge in [-0.05, 0) is 35.8 Å². The van der Waals surface area contributed by atoms with E-state index in [1.165, 1.54) is 29.5 Å². The molecule has 2 amide bonds. The molecular weight excluding hydrogens is 440 g/mol. The van der Waals surface area contributed by atoms with Crippen molar-refractivity contribution in [3.8, 4) is 11.9 Å². The number of aromatic nitrogens is 5. The van der Waals surface area contributed by atoms with Gasteiger partial charge in [0.05, 0.1) is 48.0 Å². The van der Waals surface area contributed by atoms with Gasteiger partial charge in [0.1, 0.15) is 11.6 Å². The van der Waals surface area contributed by atoms with Crippen molar-refractivity contribution in [1.82, 2.24) is 25.0 Å². The monoisotopic (exact) mass is 456 g/mol. The Morgan fingerprint density at radius 3 is 2.66 bits per heavy atom. The molecule has 11 heteroatoms. The van der Waals surface area contributed by atoms with Crippen LogP contribution in [0.2, 0.25) is 0 Å². The SMILES string of the molecule is COC(C)c1c(NC(=O)Nc2cnc(-n3nccn3)c(C#N)c2)cnc(C)c1Br. The molecule has 0 saturated heterocycles. The molecule has 29 heavy (non-hydrogen) atoms.